The number of alkyl halides is 6. The number of sulfonamides is 2. The molecule has 76 heavy (non-hydrogen) atoms. The van der Waals surface area contributed by atoms with Crippen molar-refractivity contribution in [1.82, 2.24) is 29.0 Å². The molecule has 0 fully saturated rings. The average molecular weight is 1120 g/mol. The Morgan fingerprint density at radius 2 is 1.00 bits per heavy atom. The van der Waals surface area contributed by atoms with Crippen molar-refractivity contribution in [3.63, 3.8) is 0 Å². The van der Waals surface area contributed by atoms with E-state index in [9.17, 15) is 87.9 Å². The van der Waals surface area contributed by atoms with Gasteiger partial charge in [-0.2, -0.15) is 36.5 Å². The highest BCUT2D eigenvalue weighted by Crippen LogP contribution is 2.35. The third-order valence-electron chi connectivity index (χ3n) is 9.88. The molecule has 34 heteroatoms. The van der Waals surface area contributed by atoms with E-state index in [1.54, 1.807) is 55.5 Å². The second-order valence-electron chi connectivity index (χ2n) is 15.4. The van der Waals surface area contributed by atoms with Gasteiger partial charge in [0.05, 0.1) is 39.2 Å². The Morgan fingerprint density at radius 3 is 1.36 bits per heavy atom. The van der Waals surface area contributed by atoms with E-state index in [0.29, 0.717) is 11.1 Å². The fraction of sp³-hybridized carbons (Fsp3) is 0.214. The molecule has 26 nitrogen and oxygen atoms in total. The minimum absolute atomic E-state index is 0.00603. The molecule has 0 spiro atoms. The molecule has 0 unspecified atom stereocenters. The van der Waals surface area contributed by atoms with E-state index in [2.05, 4.69) is 24.7 Å². The molecule has 404 valence electrons. The quantitative estimate of drug-likeness (QED) is 0.0364. The number of carboxylic acid groups (broad SMARTS) is 1. The SMILES string of the molecule is Cc1ccc(-c2cc(C(F)(F)F)nn2-c2ccc(S(=O)(=O)NC(=O)CCCO[N+](=O)[O-])cc2)cc1.Cc1ccc(-c2cc(C(F)(F)F)nn2-c2ccc(S(=O)(=O)NC(=O)[C@@H](O[N+](=O)[O-])[C@@H](O[N+](=O)[O-])C(=O)O)cc2)cc1. The summed E-state index contributed by atoms with van der Waals surface area (Å²) >= 11 is 0. The third-order valence-corrected chi connectivity index (χ3v) is 12.6. The number of aryl methyl sites for hydroxylation is 2. The van der Waals surface area contributed by atoms with Gasteiger partial charge in [0, 0.05) is 17.5 Å². The van der Waals surface area contributed by atoms with Crippen LogP contribution in [0, 0.1) is 44.2 Å². The minimum Gasteiger partial charge on any atom is -0.480 e. The van der Waals surface area contributed by atoms with E-state index >= 15 is 0 Å². The molecule has 0 bridgehead atoms. The summed E-state index contributed by atoms with van der Waals surface area (Å²) in [6, 6.07) is 23.4. The predicted molar refractivity (Wildman–Crippen MR) is 242 cm³/mol. The van der Waals surface area contributed by atoms with Gasteiger partial charge in [0.15, 0.2) is 11.4 Å². The molecule has 6 aromatic rings. The van der Waals surface area contributed by atoms with Crippen LogP contribution in [-0.2, 0) is 61.3 Å². The summed E-state index contributed by atoms with van der Waals surface area (Å²) in [7, 11) is -9.22. The van der Waals surface area contributed by atoms with Crippen molar-refractivity contribution in [3.8, 4) is 33.9 Å². The van der Waals surface area contributed by atoms with Crippen LogP contribution in [0.2, 0.25) is 0 Å². The van der Waals surface area contributed by atoms with Crippen LogP contribution in [0.4, 0.5) is 26.3 Å². The smallest absolute Gasteiger partial charge is 0.435 e. The summed E-state index contributed by atoms with van der Waals surface area (Å²) in [5.74, 6) is -5.18. The number of hydrogen-bond acceptors (Lipinski definition) is 18. The lowest BCUT2D eigenvalue weighted by Crippen LogP contribution is -2.51. The van der Waals surface area contributed by atoms with Gasteiger partial charge in [-0.05, 0) is 80.9 Å². The normalized spacial score (nSPS) is 12.5. The topological polar surface area (TPSA) is 357 Å². The number of nitrogens with one attached hydrogen (secondary N) is 2. The van der Waals surface area contributed by atoms with Crippen molar-refractivity contribution >= 4 is 37.8 Å². The fourth-order valence-electron chi connectivity index (χ4n) is 6.36. The maximum Gasteiger partial charge on any atom is 0.435 e. The average Bonchev–Trinajstić information content (AvgIpc) is 3.99. The molecular weight excluding hydrogens is 1080 g/mol. The van der Waals surface area contributed by atoms with Crippen molar-refractivity contribution in [1.29, 1.82) is 0 Å². The Kier molecular flexibility index (Phi) is 17.7. The molecule has 0 aliphatic rings. The van der Waals surface area contributed by atoms with E-state index in [-0.39, 0.29) is 47.1 Å². The fourth-order valence-corrected chi connectivity index (χ4v) is 8.37. The summed E-state index contributed by atoms with van der Waals surface area (Å²) < 4.78 is 136. The highest BCUT2D eigenvalue weighted by atomic mass is 32.2. The number of halogens is 6. The second-order valence-corrected chi connectivity index (χ2v) is 18.7. The molecule has 0 saturated heterocycles. The largest absolute Gasteiger partial charge is 0.480 e. The molecule has 0 aliphatic carbocycles. The van der Waals surface area contributed by atoms with E-state index in [1.165, 1.54) is 16.9 Å². The number of carbonyl (C=O) groups is 3. The van der Waals surface area contributed by atoms with Gasteiger partial charge >= 0.3 is 18.3 Å². The van der Waals surface area contributed by atoms with Crippen molar-refractivity contribution < 1.29 is 92.4 Å². The lowest BCUT2D eigenvalue weighted by atomic mass is 10.1. The van der Waals surface area contributed by atoms with Crippen LogP contribution >= 0.6 is 0 Å². The first-order valence-corrected chi connectivity index (χ1v) is 23.8. The summed E-state index contributed by atoms with van der Waals surface area (Å²) in [6.07, 6.45) is -15.8. The number of rotatable bonds is 20. The van der Waals surface area contributed by atoms with Crippen molar-refractivity contribution in [2.75, 3.05) is 6.61 Å². The number of carbonyl (C=O) groups excluding carboxylic acids is 2. The van der Waals surface area contributed by atoms with Gasteiger partial charge in [0.1, 0.15) is 0 Å². The predicted octanol–water partition coefficient (Wildman–Crippen LogP) is 5.57. The number of nitrogens with zero attached hydrogens (tertiary/aromatic N) is 7. The standard InChI is InChI=1S/C21H16F3N5O11S.C21H19F3N4O6S/c1-11-2-4-12(5-3-11)15-10-16(21(22,23)24)25-27(15)13-6-8-14(9-7-13)41(37,38)26-19(30)17(39-28(33)34)18(20(31)32)40-29(35)36;1-14-4-6-15(7-5-14)18-13-19(21(22,23)24)25-27(18)16-8-10-17(11-9-16)35(32,33)26-20(29)3-2-12-34-28(30)31/h2-10,17-18H,1H3,(H,26,30)(H,31,32);4-11,13H,2-3,12H2,1H3,(H,26,29)/t17-,18+;/m0./s1. The summed E-state index contributed by atoms with van der Waals surface area (Å²) in [6.45, 7) is 3.23. The molecule has 2 aromatic heterocycles. The molecule has 0 radical (unpaired) electrons. The number of benzene rings is 4. The van der Waals surface area contributed by atoms with Crippen LogP contribution in [-0.4, -0.2) is 93.4 Å². The Morgan fingerprint density at radius 1 is 0.618 bits per heavy atom. The third kappa shape index (κ3) is 15.2. The zero-order valence-corrected chi connectivity index (χ0v) is 40.0. The van der Waals surface area contributed by atoms with Gasteiger partial charge < -0.3 is 9.94 Å². The van der Waals surface area contributed by atoms with E-state index < -0.39 is 93.9 Å². The zero-order valence-electron chi connectivity index (χ0n) is 38.4. The lowest BCUT2D eigenvalue weighted by Gasteiger charge is -2.19. The first-order valence-electron chi connectivity index (χ1n) is 20.8. The van der Waals surface area contributed by atoms with Crippen LogP contribution in [0.1, 0.15) is 35.4 Å². The van der Waals surface area contributed by atoms with Gasteiger partial charge in [-0.15, -0.1) is 30.3 Å². The molecule has 3 N–H and O–H groups in total. The van der Waals surface area contributed by atoms with Gasteiger partial charge in [0.25, 0.3) is 41.2 Å². The molecule has 4 aromatic carbocycles. The molecule has 0 saturated carbocycles. The van der Waals surface area contributed by atoms with Gasteiger partial charge in [-0.25, -0.2) is 40.4 Å². The number of hydrogen-bond donors (Lipinski definition) is 3. The van der Waals surface area contributed by atoms with Gasteiger partial charge in [-0.1, -0.05) is 59.7 Å². The number of carboxylic acids is 1. The number of aliphatic carboxylic acids is 1. The zero-order chi connectivity index (χ0) is 56.5. The summed E-state index contributed by atoms with van der Waals surface area (Å²) in [5.41, 5.74) is 0.504. The number of aromatic nitrogens is 4. The molecule has 2 heterocycles. The highest BCUT2D eigenvalue weighted by Gasteiger charge is 2.42. The van der Waals surface area contributed by atoms with Crippen LogP contribution in [0.15, 0.2) is 119 Å². The maximum atomic E-state index is 13.4. The Labute approximate surface area is 421 Å². The Hall–Kier alpha value is -9.21. The van der Waals surface area contributed by atoms with Crippen LogP contribution in [0.5, 0.6) is 0 Å². The van der Waals surface area contributed by atoms with E-state index in [1.807, 2.05) is 11.6 Å². The summed E-state index contributed by atoms with van der Waals surface area (Å²) in [5, 5.41) is 43.2. The van der Waals surface area contributed by atoms with Crippen molar-refractivity contribution in [2.45, 2.75) is 61.0 Å². The monoisotopic (exact) mass is 1120 g/mol. The maximum absolute atomic E-state index is 13.4. The minimum atomic E-state index is -4.94. The Balaban J connectivity index is 0.000000284. The Bertz CT molecular complexity index is 3360. The molecular formula is C42H35F6N9O17S2. The molecule has 0 aliphatic heterocycles. The number of amides is 2. The molecule has 6 rings (SSSR count). The van der Waals surface area contributed by atoms with Crippen molar-refractivity contribution in [2.24, 2.45) is 0 Å². The van der Waals surface area contributed by atoms with Gasteiger partial charge in [0.2, 0.25) is 18.1 Å². The first kappa shape index (κ1) is 57.7. The van der Waals surface area contributed by atoms with Crippen LogP contribution in [0.25, 0.3) is 33.9 Å². The molecule has 2 atom stereocenters. The summed E-state index contributed by atoms with van der Waals surface area (Å²) in [4.78, 5) is 77.4. The lowest BCUT2D eigenvalue weighted by molar-refractivity contribution is -0.792. The highest BCUT2D eigenvalue weighted by molar-refractivity contribution is 7.90. The van der Waals surface area contributed by atoms with Crippen LogP contribution < -0.4 is 9.44 Å². The second kappa shape index (κ2) is 23.3. The first-order chi connectivity index (χ1) is 35.4. The van der Waals surface area contributed by atoms with Crippen molar-refractivity contribution in [3.05, 3.63) is 162 Å². The molecule has 2 amide bonds. The van der Waals surface area contributed by atoms with E-state index in [0.717, 1.165) is 69.0 Å². The van der Waals surface area contributed by atoms with E-state index in [4.69, 9.17) is 5.11 Å². The van der Waals surface area contributed by atoms with Crippen LogP contribution in [0.3, 0.4) is 0 Å². The van der Waals surface area contributed by atoms with Gasteiger partial charge in [-0.3, -0.25) is 19.3 Å².